The molecule has 1 unspecified atom stereocenters. The molecule has 5 heteroatoms. The van der Waals surface area contributed by atoms with Gasteiger partial charge in [-0.1, -0.05) is 15.9 Å². The van der Waals surface area contributed by atoms with Gasteiger partial charge in [0.05, 0.1) is 17.6 Å². The molecule has 0 spiro atoms. The van der Waals surface area contributed by atoms with E-state index in [1.807, 2.05) is 6.92 Å². The quantitative estimate of drug-likeness (QED) is 0.766. The number of alkyl halides is 1. The van der Waals surface area contributed by atoms with Crippen LogP contribution in [0.2, 0.25) is 0 Å². The Bertz CT molecular complexity index is 383. The lowest BCUT2D eigenvalue weighted by molar-refractivity contribution is -0.117. The number of aryl methyl sites for hydroxylation is 1. The van der Waals surface area contributed by atoms with Gasteiger partial charge in [0.25, 0.3) is 0 Å². The highest BCUT2D eigenvalue weighted by Crippen LogP contribution is 2.26. The predicted molar refractivity (Wildman–Crippen MR) is 61.0 cm³/mol. The van der Waals surface area contributed by atoms with Crippen LogP contribution in [0.4, 0.5) is 5.69 Å². The van der Waals surface area contributed by atoms with Gasteiger partial charge in [-0.3, -0.25) is 4.79 Å². The van der Waals surface area contributed by atoms with E-state index in [9.17, 15) is 4.79 Å². The van der Waals surface area contributed by atoms with Gasteiger partial charge < -0.3 is 4.90 Å². The number of nitrogens with zero attached hydrogens (tertiary/aromatic N) is 3. The number of halogens is 1. The minimum absolute atomic E-state index is 0.164. The van der Waals surface area contributed by atoms with E-state index in [0.29, 0.717) is 12.3 Å². The molecule has 1 aliphatic rings. The Morgan fingerprint density at radius 1 is 1.67 bits per heavy atom. The topological polar surface area (TPSA) is 46.1 Å². The first kappa shape index (κ1) is 10.5. The Morgan fingerprint density at radius 3 is 3.07 bits per heavy atom. The highest BCUT2D eigenvalue weighted by Gasteiger charge is 2.30. The van der Waals surface area contributed by atoms with Crippen molar-refractivity contribution in [3.8, 4) is 0 Å². The van der Waals surface area contributed by atoms with Gasteiger partial charge in [-0.2, -0.15) is 0 Å². The molecule has 2 rings (SSSR count). The van der Waals surface area contributed by atoms with Gasteiger partial charge in [-0.05, 0) is 12.8 Å². The largest absolute Gasteiger partial charge is 0.309 e. The van der Waals surface area contributed by atoms with Crippen molar-refractivity contribution in [3.63, 3.8) is 0 Å². The Hall–Kier alpha value is -0.970. The number of aromatic nitrogens is 2. The van der Waals surface area contributed by atoms with Crippen molar-refractivity contribution < 1.29 is 4.79 Å². The monoisotopic (exact) mass is 269 g/mol. The molecule has 80 valence electrons. The Morgan fingerprint density at radius 2 is 2.47 bits per heavy atom. The molecule has 0 radical (unpaired) electrons. The Balaban J connectivity index is 2.25. The van der Waals surface area contributed by atoms with Crippen LogP contribution in [0.25, 0.3) is 0 Å². The highest BCUT2D eigenvalue weighted by atomic mass is 79.9. The normalized spacial score (nSPS) is 21.1. The van der Waals surface area contributed by atoms with Gasteiger partial charge in [0.15, 0.2) is 0 Å². The van der Waals surface area contributed by atoms with Gasteiger partial charge in [0.2, 0.25) is 5.91 Å². The fourth-order valence-electron chi connectivity index (χ4n) is 1.77. The van der Waals surface area contributed by atoms with Crippen LogP contribution in [0, 0.1) is 12.8 Å². The van der Waals surface area contributed by atoms with E-state index < -0.39 is 0 Å². The minimum atomic E-state index is 0.164. The molecule has 0 aliphatic carbocycles. The number of hydrogen-bond donors (Lipinski definition) is 0. The lowest BCUT2D eigenvalue weighted by Crippen LogP contribution is -2.25. The average molecular weight is 270 g/mol. The van der Waals surface area contributed by atoms with Gasteiger partial charge in [-0.15, -0.1) is 0 Å². The zero-order chi connectivity index (χ0) is 10.8. The summed E-state index contributed by atoms with van der Waals surface area (Å²) in [7, 11) is 0. The van der Waals surface area contributed by atoms with E-state index in [2.05, 4.69) is 25.9 Å². The van der Waals surface area contributed by atoms with Crippen molar-refractivity contribution >= 4 is 27.5 Å². The molecule has 1 atom stereocenters. The number of anilines is 1. The second-order valence-corrected chi connectivity index (χ2v) is 4.37. The second kappa shape index (κ2) is 4.26. The molecule has 1 saturated heterocycles. The minimum Gasteiger partial charge on any atom is -0.309 e. The van der Waals surface area contributed by atoms with Gasteiger partial charge >= 0.3 is 0 Å². The van der Waals surface area contributed by atoms with Crippen LogP contribution in [0.3, 0.4) is 0 Å². The molecular formula is C10H12BrN3O. The molecule has 1 amide bonds. The van der Waals surface area contributed by atoms with Crippen molar-refractivity contribution in [2.24, 2.45) is 5.92 Å². The van der Waals surface area contributed by atoms with Gasteiger partial charge in [0.1, 0.15) is 6.33 Å². The smallest absolute Gasteiger partial charge is 0.227 e. The van der Waals surface area contributed by atoms with Crippen molar-refractivity contribution in [2.75, 3.05) is 16.8 Å². The van der Waals surface area contributed by atoms with Crippen molar-refractivity contribution in [2.45, 2.75) is 13.3 Å². The Kier molecular flexibility index (Phi) is 3.00. The van der Waals surface area contributed by atoms with Gasteiger partial charge in [-0.25, -0.2) is 9.97 Å². The number of hydrogen-bond acceptors (Lipinski definition) is 3. The van der Waals surface area contributed by atoms with Crippen LogP contribution >= 0.6 is 15.9 Å². The molecule has 1 aliphatic heterocycles. The fourth-order valence-corrected chi connectivity index (χ4v) is 2.20. The lowest BCUT2D eigenvalue weighted by Gasteiger charge is -2.17. The predicted octanol–water partition coefficient (Wildman–Crippen LogP) is 1.53. The maximum absolute atomic E-state index is 11.7. The molecule has 4 nitrogen and oxygen atoms in total. The summed E-state index contributed by atoms with van der Waals surface area (Å²) in [6, 6.07) is 0. The number of carbonyl (C=O) groups is 1. The summed E-state index contributed by atoms with van der Waals surface area (Å²) in [5.41, 5.74) is 1.69. The summed E-state index contributed by atoms with van der Waals surface area (Å²) in [5, 5.41) is 0.863. The molecule has 1 fully saturated rings. The Labute approximate surface area is 96.8 Å². The van der Waals surface area contributed by atoms with Crippen LogP contribution in [0.1, 0.15) is 12.1 Å². The third-order valence-corrected chi connectivity index (χ3v) is 3.52. The maximum Gasteiger partial charge on any atom is 0.227 e. The lowest BCUT2D eigenvalue weighted by atomic mass is 10.2. The van der Waals surface area contributed by atoms with Crippen LogP contribution in [0.5, 0.6) is 0 Å². The van der Waals surface area contributed by atoms with E-state index in [4.69, 9.17) is 0 Å². The third kappa shape index (κ3) is 2.02. The SMILES string of the molecule is Cc1ncncc1N1CC(CBr)CC1=O. The highest BCUT2D eigenvalue weighted by molar-refractivity contribution is 9.09. The molecule has 15 heavy (non-hydrogen) atoms. The molecular weight excluding hydrogens is 258 g/mol. The van der Waals surface area contributed by atoms with E-state index in [0.717, 1.165) is 23.3 Å². The summed E-state index contributed by atoms with van der Waals surface area (Å²) < 4.78 is 0. The molecule has 0 bridgehead atoms. The summed E-state index contributed by atoms with van der Waals surface area (Å²) >= 11 is 3.41. The van der Waals surface area contributed by atoms with Crippen molar-refractivity contribution in [3.05, 3.63) is 18.2 Å². The summed E-state index contributed by atoms with van der Waals surface area (Å²) in [6.45, 7) is 2.66. The fraction of sp³-hybridized carbons (Fsp3) is 0.500. The molecule has 0 aromatic carbocycles. The number of amides is 1. The maximum atomic E-state index is 11.7. The van der Waals surface area contributed by atoms with Crippen LogP contribution < -0.4 is 4.90 Å². The van der Waals surface area contributed by atoms with E-state index in [1.165, 1.54) is 6.33 Å². The summed E-state index contributed by atoms with van der Waals surface area (Å²) in [6.07, 6.45) is 3.82. The first-order chi connectivity index (χ1) is 7.22. The van der Waals surface area contributed by atoms with E-state index in [-0.39, 0.29) is 5.91 Å². The van der Waals surface area contributed by atoms with E-state index >= 15 is 0 Å². The second-order valence-electron chi connectivity index (χ2n) is 3.72. The molecule has 0 saturated carbocycles. The van der Waals surface area contributed by atoms with Crippen molar-refractivity contribution in [1.29, 1.82) is 0 Å². The standard InChI is InChI=1S/C10H12BrN3O/c1-7-9(4-12-6-13-7)14-5-8(3-11)2-10(14)15/h4,6,8H,2-3,5H2,1H3. The zero-order valence-electron chi connectivity index (χ0n) is 8.48. The van der Waals surface area contributed by atoms with Crippen molar-refractivity contribution in [1.82, 2.24) is 9.97 Å². The van der Waals surface area contributed by atoms with Crippen LogP contribution in [-0.4, -0.2) is 27.7 Å². The molecule has 2 heterocycles. The first-order valence-electron chi connectivity index (χ1n) is 4.85. The first-order valence-corrected chi connectivity index (χ1v) is 5.97. The van der Waals surface area contributed by atoms with Gasteiger partial charge in [0, 0.05) is 18.3 Å². The molecule has 0 N–H and O–H groups in total. The van der Waals surface area contributed by atoms with Crippen LogP contribution in [0.15, 0.2) is 12.5 Å². The summed E-state index contributed by atoms with van der Waals surface area (Å²) in [5.74, 6) is 0.564. The number of carbonyl (C=O) groups excluding carboxylic acids is 1. The third-order valence-electron chi connectivity index (χ3n) is 2.60. The molecule has 1 aromatic rings. The van der Waals surface area contributed by atoms with E-state index in [1.54, 1.807) is 11.1 Å². The number of rotatable bonds is 2. The zero-order valence-corrected chi connectivity index (χ0v) is 10.1. The van der Waals surface area contributed by atoms with Crippen LogP contribution in [-0.2, 0) is 4.79 Å². The molecule has 1 aromatic heterocycles. The average Bonchev–Trinajstić information content (AvgIpc) is 2.60. The summed E-state index contributed by atoms with van der Waals surface area (Å²) in [4.78, 5) is 21.6.